The summed E-state index contributed by atoms with van der Waals surface area (Å²) >= 11 is 5.58. The molecule has 3 N–H and O–H groups in total. The number of halogens is 5. The van der Waals surface area contributed by atoms with Crippen molar-refractivity contribution in [2.75, 3.05) is 0 Å². The van der Waals surface area contributed by atoms with Crippen molar-refractivity contribution in [1.82, 2.24) is 0 Å². The van der Waals surface area contributed by atoms with Crippen LogP contribution < -0.4 is 5.73 Å². The highest BCUT2D eigenvalue weighted by Gasteiger charge is 2.39. The minimum atomic E-state index is -4.60. The fourth-order valence-electron chi connectivity index (χ4n) is 1.17. The largest absolute Gasteiger partial charge is 0.507 e. The Hall–Kier alpha value is -0.650. The van der Waals surface area contributed by atoms with Gasteiger partial charge in [0.2, 0.25) is 0 Å². The lowest BCUT2D eigenvalue weighted by molar-refractivity contribution is -0.149. The average molecular weight is 276 g/mol. The summed E-state index contributed by atoms with van der Waals surface area (Å²) in [5.74, 6) is -0.468. The highest BCUT2D eigenvalue weighted by Crippen LogP contribution is 2.37. The van der Waals surface area contributed by atoms with Crippen molar-refractivity contribution in [3.63, 3.8) is 0 Å². The van der Waals surface area contributed by atoms with Gasteiger partial charge < -0.3 is 10.8 Å². The number of hydrogen-bond acceptors (Lipinski definition) is 2. The minimum Gasteiger partial charge on any atom is -0.507 e. The van der Waals surface area contributed by atoms with Gasteiger partial charge in [0.05, 0.1) is 0 Å². The molecule has 0 aliphatic carbocycles. The van der Waals surface area contributed by atoms with Gasteiger partial charge in [-0.1, -0.05) is 11.6 Å². The smallest absolute Gasteiger partial charge is 0.407 e. The van der Waals surface area contributed by atoms with Crippen LogP contribution in [0.5, 0.6) is 5.75 Å². The number of hydrogen-bond donors (Lipinski definition) is 2. The summed E-state index contributed by atoms with van der Waals surface area (Å²) in [7, 11) is 0. The van der Waals surface area contributed by atoms with Crippen LogP contribution in [0.15, 0.2) is 12.1 Å². The Balaban J connectivity index is 0.00000225. The van der Waals surface area contributed by atoms with Crippen LogP contribution in [0.4, 0.5) is 13.2 Å². The van der Waals surface area contributed by atoms with Crippen molar-refractivity contribution < 1.29 is 18.3 Å². The van der Waals surface area contributed by atoms with Crippen LogP contribution in [0.1, 0.15) is 17.2 Å². The van der Waals surface area contributed by atoms with Crippen molar-refractivity contribution >= 4 is 24.0 Å². The zero-order chi connectivity index (χ0) is 11.8. The van der Waals surface area contributed by atoms with E-state index in [0.717, 1.165) is 6.07 Å². The van der Waals surface area contributed by atoms with Crippen molar-refractivity contribution in [3.05, 3.63) is 28.3 Å². The third kappa shape index (κ3) is 3.17. The van der Waals surface area contributed by atoms with Gasteiger partial charge in [-0.15, -0.1) is 12.4 Å². The minimum absolute atomic E-state index is 0. The van der Waals surface area contributed by atoms with Gasteiger partial charge in [0.15, 0.2) is 0 Å². The molecule has 92 valence electrons. The van der Waals surface area contributed by atoms with E-state index in [1.807, 2.05) is 0 Å². The molecule has 1 aromatic rings. The topological polar surface area (TPSA) is 46.2 Å². The number of aromatic hydroxyl groups is 1. The Morgan fingerprint density at radius 2 is 1.88 bits per heavy atom. The summed E-state index contributed by atoms with van der Waals surface area (Å²) in [4.78, 5) is 0. The summed E-state index contributed by atoms with van der Waals surface area (Å²) in [6.45, 7) is 1.45. The molecule has 0 heterocycles. The number of phenols is 1. The van der Waals surface area contributed by atoms with Crippen molar-refractivity contribution in [2.24, 2.45) is 5.73 Å². The molecular weight excluding hydrogens is 266 g/mol. The number of alkyl halides is 3. The molecule has 0 spiro atoms. The van der Waals surface area contributed by atoms with Crippen LogP contribution in [0.2, 0.25) is 5.02 Å². The lowest BCUT2D eigenvalue weighted by Gasteiger charge is -2.18. The Morgan fingerprint density at radius 1 is 1.38 bits per heavy atom. The van der Waals surface area contributed by atoms with Gasteiger partial charge in [0, 0.05) is 10.6 Å². The van der Waals surface area contributed by atoms with Crippen LogP contribution in [-0.2, 0) is 0 Å². The van der Waals surface area contributed by atoms with E-state index in [4.69, 9.17) is 17.3 Å². The summed E-state index contributed by atoms with van der Waals surface area (Å²) in [5.41, 5.74) is 4.82. The molecule has 0 saturated heterocycles. The molecule has 0 saturated carbocycles. The maximum Gasteiger partial charge on any atom is 0.407 e. The van der Waals surface area contributed by atoms with Crippen LogP contribution in [0.3, 0.4) is 0 Å². The highest BCUT2D eigenvalue weighted by atomic mass is 35.5. The third-order valence-electron chi connectivity index (χ3n) is 1.98. The van der Waals surface area contributed by atoms with Crippen LogP contribution >= 0.6 is 24.0 Å². The zero-order valence-corrected chi connectivity index (χ0v) is 9.75. The summed E-state index contributed by atoms with van der Waals surface area (Å²) in [6.07, 6.45) is -4.60. The number of aryl methyl sites for hydroxylation is 1. The maximum absolute atomic E-state index is 12.3. The fourth-order valence-corrected chi connectivity index (χ4v) is 1.46. The van der Waals surface area contributed by atoms with Gasteiger partial charge >= 0.3 is 6.18 Å². The van der Waals surface area contributed by atoms with Crippen molar-refractivity contribution in [2.45, 2.75) is 19.1 Å². The van der Waals surface area contributed by atoms with E-state index < -0.39 is 23.5 Å². The Labute approximate surface area is 102 Å². The van der Waals surface area contributed by atoms with E-state index in [-0.39, 0.29) is 23.0 Å². The molecule has 0 aliphatic heterocycles. The Morgan fingerprint density at radius 3 is 2.31 bits per heavy atom. The highest BCUT2D eigenvalue weighted by molar-refractivity contribution is 6.30. The van der Waals surface area contributed by atoms with E-state index in [9.17, 15) is 18.3 Å². The molecule has 0 aromatic heterocycles. The van der Waals surface area contributed by atoms with Crippen LogP contribution in [0, 0.1) is 6.92 Å². The third-order valence-corrected chi connectivity index (χ3v) is 2.20. The first-order valence-corrected chi connectivity index (χ1v) is 4.42. The molecule has 0 bridgehead atoms. The van der Waals surface area contributed by atoms with Gasteiger partial charge in [-0.05, 0) is 24.6 Å². The Bertz CT molecular complexity index is 382. The number of benzene rings is 1. The van der Waals surface area contributed by atoms with Gasteiger partial charge in [0.1, 0.15) is 11.8 Å². The summed E-state index contributed by atoms with van der Waals surface area (Å²) in [6, 6.07) is 0.154. The van der Waals surface area contributed by atoms with E-state index in [0.29, 0.717) is 0 Å². The quantitative estimate of drug-likeness (QED) is 0.826. The van der Waals surface area contributed by atoms with Crippen molar-refractivity contribution in [3.8, 4) is 5.75 Å². The van der Waals surface area contributed by atoms with E-state index in [1.165, 1.54) is 13.0 Å². The molecule has 7 heteroatoms. The van der Waals surface area contributed by atoms with E-state index >= 15 is 0 Å². The predicted molar refractivity (Wildman–Crippen MR) is 58.1 cm³/mol. The molecule has 0 amide bonds. The second-order valence-electron chi connectivity index (χ2n) is 3.18. The average Bonchev–Trinajstić information content (AvgIpc) is 2.08. The maximum atomic E-state index is 12.3. The standard InChI is InChI=1S/C9H9ClF3NO.ClH/c1-4-2-5(10)3-6(7(4)15)8(14)9(11,12)13;/h2-3,8,15H,14H2,1H3;1H/t8-;/m0./s1. The molecule has 0 aliphatic rings. The second kappa shape index (κ2) is 5.12. The van der Waals surface area contributed by atoms with Gasteiger partial charge in [-0.2, -0.15) is 13.2 Å². The van der Waals surface area contributed by atoms with Crippen LogP contribution in [0.25, 0.3) is 0 Å². The summed E-state index contributed by atoms with van der Waals surface area (Å²) < 4.78 is 36.9. The second-order valence-corrected chi connectivity index (χ2v) is 3.62. The van der Waals surface area contributed by atoms with Gasteiger partial charge in [0.25, 0.3) is 0 Å². The predicted octanol–water partition coefficient (Wildman–Crippen LogP) is 3.34. The zero-order valence-electron chi connectivity index (χ0n) is 8.18. The van der Waals surface area contributed by atoms with E-state index in [1.54, 1.807) is 0 Å². The lowest BCUT2D eigenvalue weighted by atomic mass is 10.0. The van der Waals surface area contributed by atoms with Gasteiger partial charge in [-0.3, -0.25) is 0 Å². The SMILES string of the molecule is Cc1cc(Cl)cc([C@H](N)C(F)(F)F)c1O.Cl. The first-order chi connectivity index (χ1) is 6.73. The molecule has 16 heavy (non-hydrogen) atoms. The van der Waals surface area contributed by atoms with Gasteiger partial charge in [-0.25, -0.2) is 0 Å². The number of rotatable bonds is 1. The fraction of sp³-hybridized carbons (Fsp3) is 0.333. The molecule has 0 fully saturated rings. The van der Waals surface area contributed by atoms with E-state index in [2.05, 4.69) is 0 Å². The molecule has 1 aromatic carbocycles. The first kappa shape index (κ1) is 15.3. The normalized spacial score (nSPS) is 13.1. The van der Waals surface area contributed by atoms with Crippen LogP contribution in [-0.4, -0.2) is 11.3 Å². The molecule has 2 nitrogen and oxygen atoms in total. The lowest BCUT2D eigenvalue weighted by Crippen LogP contribution is -2.28. The molecule has 1 atom stereocenters. The molecule has 0 unspecified atom stereocenters. The summed E-state index contributed by atoms with van der Waals surface area (Å²) in [5, 5.41) is 9.53. The molecule has 1 rings (SSSR count). The van der Waals surface area contributed by atoms with Crippen molar-refractivity contribution in [1.29, 1.82) is 0 Å². The monoisotopic (exact) mass is 275 g/mol. The Kier molecular flexibility index (Phi) is 4.91. The molecular formula is C9H10Cl2F3NO. The number of phenolic OH excluding ortho intramolecular Hbond substituents is 1. The molecule has 0 radical (unpaired) electrons. The number of nitrogens with two attached hydrogens (primary N) is 1. The first-order valence-electron chi connectivity index (χ1n) is 4.04.